The first kappa shape index (κ1) is 24.6. The zero-order valence-corrected chi connectivity index (χ0v) is 21.1. The van der Waals surface area contributed by atoms with Crippen LogP contribution in [0.2, 0.25) is 0 Å². The zero-order chi connectivity index (χ0) is 21.3. The van der Waals surface area contributed by atoms with Gasteiger partial charge in [0, 0.05) is 13.1 Å². The van der Waals surface area contributed by atoms with Gasteiger partial charge in [-0.25, -0.2) is 0 Å². The number of hydrogen-bond donors (Lipinski definition) is 0. The van der Waals surface area contributed by atoms with Crippen molar-refractivity contribution in [3.05, 3.63) is 0 Å². The van der Waals surface area contributed by atoms with E-state index in [1.54, 1.807) is 25.7 Å². The first-order valence-electron chi connectivity index (χ1n) is 14.1. The summed E-state index contributed by atoms with van der Waals surface area (Å²) in [6.07, 6.45) is 17.3. The molecule has 2 heteroatoms. The minimum absolute atomic E-state index is 1.01. The Morgan fingerprint density at radius 1 is 0.533 bits per heavy atom. The number of fused-ring (bicyclic) bond motifs is 5. The summed E-state index contributed by atoms with van der Waals surface area (Å²) in [5.74, 6) is 6.41. The molecule has 0 amide bonds. The van der Waals surface area contributed by atoms with Crippen LogP contribution in [0.15, 0.2) is 0 Å². The molecule has 0 aromatic rings. The molecular formula is C28H54N2. The Kier molecular flexibility index (Phi) is 10.5. The van der Waals surface area contributed by atoms with Gasteiger partial charge in [0.05, 0.1) is 0 Å². The van der Waals surface area contributed by atoms with Crippen LogP contribution >= 0.6 is 0 Å². The predicted octanol–water partition coefficient (Wildman–Crippen LogP) is 7.09. The van der Waals surface area contributed by atoms with Crippen molar-refractivity contribution in [3.63, 3.8) is 0 Å². The van der Waals surface area contributed by atoms with E-state index in [1.807, 2.05) is 0 Å². The molecule has 2 bridgehead atoms. The second-order valence-electron chi connectivity index (χ2n) is 11.3. The van der Waals surface area contributed by atoms with Gasteiger partial charge in [0.1, 0.15) is 0 Å². The molecule has 3 saturated carbocycles. The largest absolute Gasteiger partial charge is 0.303 e. The molecule has 0 saturated heterocycles. The Balaban J connectivity index is 1.50. The maximum atomic E-state index is 2.86. The van der Waals surface area contributed by atoms with E-state index < -0.39 is 0 Å². The lowest BCUT2D eigenvalue weighted by Crippen LogP contribution is -2.36. The summed E-state index contributed by atoms with van der Waals surface area (Å²) in [7, 11) is 0. The fourth-order valence-corrected chi connectivity index (χ4v) is 7.50. The van der Waals surface area contributed by atoms with E-state index in [-0.39, 0.29) is 0 Å². The standard InChI is InChI=1S/C28H54N2/c1-5-9-13-29(14-10-6-2)21-23-17-26-24-19-25(27(20-24)28(26)18-23)22-30(15-11-7-3)16-12-8-4/h23-28H,5-22H2,1-4H3. The lowest BCUT2D eigenvalue weighted by molar-refractivity contribution is 0.132. The van der Waals surface area contributed by atoms with E-state index in [0.717, 1.165) is 35.5 Å². The average Bonchev–Trinajstić information content (AvgIpc) is 3.43. The first-order valence-corrected chi connectivity index (χ1v) is 14.1. The summed E-state index contributed by atoms with van der Waals surface area (Å²) in [6, 6.07) is 0. The molecule has 3 rings (SSSR count). The Bertz CT molecular complexity index is 448. The topological polar surface area (TPSA) is 6.48 Å². The van der Waals surface area contributed by atoms with E-state index in [0.29, 0.717) is 0 Å². The third-order valence-electron chi connectivity index (χ3n) is 9.02. The van der Waals surface area contributed by atoms with Gasteiger partial charge in [0.25, 0.3) is 0 Å². The molecule has 0 aliphatic heterocycles. The summed E-state index contributed by atoms with van der Waals surface area (Å²) >= 11 is 0. The third-order valence-corrected chi connectivity index (χ3v) is 9.02. The van der Waals surface area contributed by atoms with Crippen LogP contribution in [-0.4, -0.2) is 49.1 Å². The molecule has 0 radical (unpaired) electrons. The van der Waals surface area contributed by atoms with Crippen LogP contribution < -0.4 is 0 Å². The molecule has 2 nitrogen and oxygen atoms in total. The summed E-state index contributed by atoms with van der Waals surface area (Å²) in [4.78, 5) is 5.70. The highest BCUT2D eigenvalue weighted by Gasteiger charge is 2.55. The second-order valence-corrected chi connectivity index (χ2v) is 11.3. The maximum Gasteiger partial charge on any atom is 0.00125 e. The molecule has 0 spiro atoms. The zero-order valence-electron chi connectivity index (χ0n) is 21.1. The lowest BCUT2D eigenvalue weighted by Gasteiger charge is -2.35. The van der Waals surface area contributed by atoms with Gasteiger partial charge in [-0.05, 0) is 113 Å². The van der Waals surface area contributed by atoms with Crippen molar-refractivity contribution in [3.8, 4) is 0 Å². The molecular weight excluding hydrogens is 364 g/mol. The van der Waals surface area contributed by atoms with E-state index in [2.05, 4.69) is 37.5 Å². The fraction of sp³-hybridized carbons (Fsp3) is 1.00. The summed E-state index contributed by atoms with van der Waals surface area (Å²) in [5.41, 5.74) is 0. The van der Waals surface area contributed by atoms with Crippen LogP contribution in [0.4, 0.5) is 0 Å². The molecule has 6 unspecified atom stereocenters. The lowest BCUT2D eigenvalue weighted by atomic mass is 9.75. The van der Waals surface area contributed by atoms with Gasteiger partial charge >= 0.3 is 0 Å². The molecule has 0 N–H and O–H groups in total. The number of nitrogens with zero attached hydrogens (tertiary/aromatic N) is 2. The average molecular weight is 419 g/mol. The molecule has 3 aliphatic rings. The van der Waals surface area contributed by atoms with E-state index in [1.165, 1.54) is 90.6 Å². The minimum Gasteiger partial charge on any atom is -0.303 e. The molecule has 3 fully saturated rings. The second kappa shape index (κ2) is 12.8. The van der Waals surface area contributed by atoms with Gasteiger partial charge in [0.15, 0.2) is 0 Å². The summed E-state index contributed by atoms with van der Waals surface area (Å²) in [5, 5.41) is 0. The molecule has 30 heavy (non-hydrogen) atoms. The predicted molar refractivity (Wildman–Crippen MR) is 132 cm³/mol. The van der Waals surface area contributed by atoms with E-state index in [9.17, 15) is 0 Å². The monoisotopic (exact) mass is 418 g/mol. The van der Waals surface area contributed by atoms with Crippen LogP contribution in [0.25, 0.3) is 0 Å². The Morgan fingerprint density at radius 2 is 1.03 bits per heavy atom. The fourth-order valence-electron chi connectivity index (χ4n) is 7.50. The van der Waals surface area contributed by atoms with Crippen molar-refractivity contribution >= 4 is 0 Å². The normalized spacial score (nSPS) is 32.6. The van der Waals surface area contributed by atoms with Crippen LogP contribution in [0.1, 0.15) is 105 Å². The number of hydrogen-bond acceptors (Lipinski definition) is 2. The molecule has 0 heterocycles. The van der Waals surface area contributed by atoms with Crippen molar-refractivity contribution in [2.75, 3.05) is 39.3 Å². The summed E-state index contributed by atoms with van der Waals surface area (Å²) in [6.45, 7) is 17.6. The van der Waals surface area contributed by atoms with Gasteiger partial charge in [-0.2, -0.15) is 0 Å². The van der Waals surface area contributed by atoms with Gasteiger partial charge in [-0.1, -0.05) is 53.4 Å². The molecule has 3 aliphatic carbocycles. The van der Waals surface area contributed by atoms with Gasteiger partial charge in [-0.3, -0.25) is 0 Å². The van der Waals surface area contributed by atoms with Gasteiger partial charge in [-0.15, -0.1) is 0 Å². The van der Waals surface area contributed by atoms with E-state index in [4.69, 9.17) is 0 Å². The molecule has 0 aromatic carbocycles. The van der Waals surface area contributed by atoms with Crippen LogP contribution in [-0.2, 0) is 0 Å². The van der Waals surface area contributed by atoms with Crippen LogP contribution in [0.5, 0.6) is 0 Å². The number of rotatable bonds is 16. The van der Waals surface area contributed by atoms with Crippen LogP contribution in [0.3, 0.4) is 0 Å². The van der Waals surface area contributed by atoms with Crippen molar-refractivity contribution in [1.29, 1.82) is 0 Å². The quantitative estimate of drug-likeness (QED) is 0.264. The SMILES string of the molecule is CCCCN(CCCC)CC1CC2C3CC(CN(CCCC)CCCC)C(C3)C2C1. The molecule has 6 atom stereocenters. The Labute approximate surface area is 189 Å². The third kappa shape index (κ3) is 6.47. The molecule has 176 valence electrons. The maximum absolute atomic E-state index is 2.86. The first-order chi connectivity index (χ1) is 14.7. The highest BCUT2D eigenvalue weighted by molar-refractivity contribution is 5.05. The molecule has 0 aromatic heterocycles. The van der Waals surface area contributed by atoms with Crippen molar-refractivity contribution in [2.24, 2.45) is 35.5 Å². The smallest absolute Gasteiger partial charge is 0.00125 e. The highest BCUT2D eigenvalue weighted by Crippen LogP contribution is 2.62. The number of unbranched alkanes of at least 4 members (excludes halogenated alkanes) is 4. The van der Waals surface area contributed by atoms with Crippen molar-refractivity contribution in [1.82, 2.24) is 9.80 Å². The summed E-state index contributed by atoms with van der Waals surface area (Å²) < 4.78 is 0. The van der Waals surface area contributed by atoms with Crippen molar-refractivity contribution in [2.45, 2.75) is 105 Å². The Morgan fingerprint density at radius 3 is 1.57 bits per heavy atom. The minimum atomic E-state index is 1.01. The van der Waals surface area contributed by atoms with Crippen molar-refractivity contribution < 1.29 is 0 Å². The Hall–Kier alpha value is -0.0800. The van der Waals surface area contributed by atoms with E-state index >= 15 is 0 Å². The van der Waals surface area contributed by atoms with Crippen LogP contribution in [0, 0.1) is 35.5 Å². The van der Waals surface area contributed by atoms with Gasteiger partial charge < -0.3 is 9.80 Å². The highest BCUT2D eigenvalue weighted by atomic mass is 15.1. The van der Waals surface area contributed by atoms with Gasteiger partial charge in [0.2, 0.25) is 0 Å².